The summed E-state index contributed by atoms with van der Waals surface area (Å²) in [4.78, 5) is 0. The molecule has 0 amide bonds. The van der Waals surface area contributed by atoms with Crippen LogP contribution >= 0.6 is 15.9 Å². The van der Waals surface area contributed by atoms with Gasteiger partial charge in [-0.25, -0.2) is 0 Å². The zero-order chi connectivity index (χ0) is 13.2. The van der Waals surface area contributed by atoms with Crippen molar-refractivity contribution in [3.8, 4) is 11.3 Å². The molecule has 94 valence electrons. The van der Waals surface area contributed by atoms with Gasteiger partial charge in [-0.05, 0) is 23.8 Å². The molecule has 0 aliphatic heterocycles. The highest BCUT2D eigenvalue weighted by molar-refractivity contribution is 9.10. The lowest BCUT2D eigenvalue weighted by Crippen LogP contribution is -2.14. The Morgan fingerprint density at radius 2 is 1.84 bits per heavy atom. The van der Waals surface area contributed by atoms with E-state index in [0.29, 0.717) is 0 Å². The SMILES string of the molecule is CC1(C)c2ccc(Br)cc2-c2oc3ccccc3c21. The molecule has 0 atom stereocenters. The molecule has 1 nitrogen and oxygen atoms in total. The molecular formula is C17H13BrO. The summed E-state index contributed by atoms with van der Waals surface area (Å²) in [6, 6.07) is 14.8. The summed E-state index contributed by atoms with van der Waals surface area (Å²) < 4.78 is 7.20. The molecule has 0 radical (unpaired) electrons. The first kappa shape index (κ1) is 11.3. The lowest BCUT2D eigenvalue weighted by molar-refractivity contribution is 0.619. The normalized spacial score (nSPS) is 15.5. The van der Waals surface area contributed by atoms with Crippen LogP contribution in [0.25, 0.3) is 22.3 Å². The number of hydrogen-bond acceptors (Lipinski definition) is 1. The van der Waals surface area contributed by atoms with Gasteiger partial charge in [0.25, 0.3) is 0 Å². The Morgan fingerprint density at radius 1 is 1.05 bits per heavy atom. The average Bonchev–Trinajstić information content (AvgIpc) is 2.86. The predicted molar refractivity (Wildman–Crippen MR) is 81.5 cm³/mol. The third-order valence-electron chi connectivity index (χ3n) is 4.12. The molecule has 3 aromatic rings. The third kappa shape index (κ3) is 1.35. The van der Waals surface area contributed by atoms with Crippen LogP contribution in [0.5, 0.6) is 0 Å². The van der Waals surface area contributed by atoms with Crippen molar-refractivity contribution in [1.29, 1.82) is 0 Å². The second kappa shape index (κ2) is 3.51. The lowest BCUT2D eigenvalue weighted by atomic mass is 9.81. The van der Waals surface area contributed by atoms with Crippen molar-refractivity contribution in [2.75, 3.05) is 0 Å². The van der Waals surface area contributed by atoms with Crippen LogP contribution in [0.2, 0.25) is 0 Å². The maximum Gasteiger partial charge on any atom is 0.139 e. The van der Waals surface area contributed by atoms with E-state index in [9.17, 15) is 0 Å². The molecule has 0 bridgehead atoms. The van der Waals surface area contributed by atoms with Crippen molar-refractivity contribution < 1.29 is 4.42 Å². The molecule has 0 unspecified atom stereocenters. The Morgan fingerprint density at radius 3 is 2.68 bits per heavy atom. The van der Waals surface area contributed by atoms with Crippen LogP contribution in [-0.4, -0.2) is 0 Å². The van der Waals surface area contributed by atoms with Crippen LogP contribution in [-0.2, 0) is 5.41 Å². The van der Waals surface area contributed by atoms with E-state index in [0.717, 1.165) is 15.8 Å². The number of furan rings is 1. The van der Waals surface area contributed by atoms with Crippen molar-refractivity contribution in [3.05, 3.63) is 58.1 Å². The van der Waals surface area contributed by atoms with Crippen LogP contribution in [0.15, 0.2) is 51.4 Å². The van der Waals surface area contributed by atoms with Gasteiger partial charge in [0.15, 0.2) is 0 Å². The first-order valence-electron chi connectivity index (χ1n) is 6.41. The molecule has 1 heterocycles. The topological polar surface area (TPSA) is 13.1 Å². The second-order valence-electron chi connectivity index (χ2n) is 5.62. The Bertz CT molecular complexity index is 811. The monoisotopic (exact) mass is 312 g/mol. The molecule has 1 aromatic heterocycles. The highest BCUT2D eigenvalue weighted by Crippen LogP contribution is 2.53. The summed E-state index contributed by atoms with van der Waals surface area (Å²) in [6.07, 6.45) is 0. The van der Waals surface area contributed by atoms with Crippen molar-refractivity contribution in [2.24, 2.45) is 0 Å². The standard InChI is InChI=1S/C17H13BrO/c1-17(2)13-8-7-10(18)9-12(13)16-15(17)11-5-3-4-6-14(11)19-16/h3-9H,1-2H3. The quantitative estimate of drug-likeness (QED) is 0.534. The van der Waals surface area contributed by atoms with Gasteiger partial charge in [0.1, 0.15) is 11.3 Å². The minimum absolute atomic E-state index is 0.00201. The van der Waals surface area contributed by atoms with Gasteiger partial charge in [0.05, 0.1) is 0 Å². The van der Waals surface area contributed by atoms with E-state index in [1.54, 1.807) is 0 Å². The van der Waals surface area contributed by atoms with E-state index in [-0.39, 0.29) is 5.41 Å². The second-order valence-corrected chi connectivity index (χ2v) is 6.53. The smallest absolute Gasteiger partial charge is 0.139 e. The van der Waals surface area contributed by atoms with Gasteiger partial charge in [-0.1, -0.05) is 54.0 Å². The molecule has 0 fully saturated rings. The Balaban J connectivity index is 2.18. The minimum Gasteiger partial charge on any atom is -0.456 e. The van der Waals surface area contributed by atoms with Crippen molar-refractivity contribution in [3.63, 3.8) is 0 Å². The predicted octanol–water partition coefficient (Wildman–Crippen LogP) is 5.50. The first-order valence-corrected chi connectivity index (χ1v) is 7.21. The van der Waals surface area contributed by atoms with Crippen LogP contribution in [0, 0.1) is 0 Å². The van der Waals surface area contributed by atoms with Gasteiger partial charge in [-0.15, -0.1) is 0 Å². The average molecular weight is 313 g/mol. The zero-order valence-electron chi connectivity index (χ0n) is 10.8. The van der Waals surface area contributed by atoms with E-state index < -0.39 is 0 Å². The van der Waals surface area contributed by atoms with Gasteiger partial charge < -0.3 is 4.42 Å². The molecule has 19 heavy (non-hydrogen) atoms. The van der Waals surface area contributed by atoms with E-state index in [2.05, 4.69) is 60.1 Å². The maximum absolute atomic E-state index is 6.11. The van der Waals surface area contributed by atoms with Crippen LogP contribution in [0.4, 0.5) is 0 Å². The fourth-order valence-electron chi connectivity index (χ4n) is 3.24. The highest BCUT2D eigenvalue weighted by Gasteiger charge is 2.40. The molecule has 1 aliphatic carbocycles. The number of fused-ring (bicyclic) bond motifs is 5. The van der Waals surface area contributed by atoms with Crippen LogP contribution < -0.4 is 0 Å². The molecule has 0 saturated heterocycles. The number of hydrogen-bond donors (Lipinski definition) is 0. The fourth-order valence-corrected chi connectivity index (χ4v) is 3.60. The lowest BCUT2D eigenvalue weighted by Gasteiger charge is -2.20. The number of benzene rings is 2. The molecule has 0 spiro atoms. The van der Waals surface area contributed by atoms with E-state index in [4.69, 9.17) is 4.42 Å². The summed E-state index contributed by atoms with van der Waals surface area (Å²) in [6.45, 7) is 4.54. The van der Waals surface area contributed by atoms with E-state index >= 15 is 0 Å². The molecule has 0 N–H and O–H groups in total. The van der Waals surface area contributed by atoms with Crippen molar-refractivity contribution >= 4 is 26.9 Å². The van der Waals surface area contributed by atoms with Crippen LogP contribution in [0.1, 0.15) is 25.0 Å². The van der Waals surface area contributed by atoms with Gasteiger partial charge in [-0.3, -0.25) is 0 Å². The number of halogens is 1. The van der Waals surface area contributed by atoms with E-state index in [1.807, 2.05) is 12.1 Å². The Kier molecular flexibility index (Phi) is 2.09. The molecule has 4 rings (SSSR count). The van der Waals surface area contributed by atoms with Crippen LogP contribution in [0.3, 0.4) is 0 Å². The fraction of sp³-hybridized carbons (Fsp3) is 0.176. The number of para-hydroxylation sites is 1. The van der Waals surface area contributed by atoms with E-state index in [1.165, 1.54) is 22.1 Å². The van der Waals surface area contributed by atoms with Crippen molar-refractivity contribution in [2.45, 2.75) is 19.3 Å². The largest absolute Gasteiger partial charge is 0.456 e. The Hall–Kier alpha value is -1.54. The van der Waals surface area contributed by atoms with Gasteiger partial charge in [0, 0.05) is 26.4 Å². The Labute approximate surface area is 120 Å². The van der Waals surface area contributed by atoms with Gasteiger partial charge in [-0.2, -0.15) is 0 Å². The molecule has 1 aliphatic rings. The molecule has 0 saturated carbocycles. The summed E-state index contributed by atoms with van der Waals surface area (Å²) in [5, 5.41) is 1.23. The highest BCUT2D eigenvalue weighted by atomic mass is 79.9. The van der Waals surface area contributed by atoms with Gasteiger partial charge >= 0.3 is 0 Å². The molecule has 2 aromatic carbocycles. The number of rotatable bonds is 0. The summed E-state index contributed by atoms with van der Waals surface area (Å²) >= 11 is 3.56. The summed E-state index contributed by atoms with van der Waals surface area (Å²) in [5.41, 5.74) is 4.85. The zero-order valence-corrected chi connectivity index (χ0v) is 12.4. The van der Waals surface area contributed by atoms with Crippen molar-refractivity contribution in [1.82, 2.24) is 0 Å². The maximum atomic E-state index is 6.11. The molecule has 2 heteroatoms. The van der Waals surface area contributed by atoms with Gasteiger partial charge in [0.2, 0.25) is 0 Å². The summed E-state index contributed by atoms with van der Waals surface area (Å²) in [5.74, 6) is 1.03. The third-order valence-corrected chi connectivity index (χ3v) is 4.61. The summed E-state index contributed by atoms with van der Waals surface area (Å²) in [7, 11) is 0. The first-order chi connectivity index (χ1) is 9.09. The molecular weight excluding hydrogens is 300 g/mol. The minimum atomic E-state index is -0.00201.